The van der Waals surface area contributed by atoms with E-state index in [2.05, 4.69) is 19.8 Å². The van der Waals surface area contributed by atoms with E-state index >= 15 is 0 Å². The fraction of sp³-hybridized carbons (Fsp3) is 0.0800. The van der Waals surface area contributed by atoms with E-state index in [9.17, 15) is 17.6 Å². The van der Waals surface area contributed by atoms with Crippen LogP contribution in [0.15, 0.2) is 54.9 Å². The molecule has 0 unspecified atom stereocenters. The van der Waals surface area contributed by atoms with Crippen molar-refractivity contribution in [3.8, 4) is 17.3 Å². The molecule has 0 saturated heterocycles. The number of sulfonamides is 1. The summed E-state index contributed by atoms with van der Waals surface area (Å²) in [7, 11) is -3.55. The van der Waals surface area contributed by atoms with Crippen molar-refractivity contribution >= 4 is 61.4 Å². The average molecular weight is 589 g/mol. The van der Waals surface area contributed by atoms with Crippen LogP contribution in [0, 0.1) is 12.7 Å². The number of nitrogens with one attached hydrogen (secondary N) is 2. The zero-order valence-electron chi connectivity index (χ0n) is 20.3. The number of ether oxygens (including phenoxy) is 1. The van der Waals surface area contributed by atoms with E-state index in [1.807, 2.05) is 0 Å². The summed E-state index contributed by atoms with van der Waals surface area (Å²) in [5, 5.41) is 5.12. The number of rotatable bonds is 7. The van der Waals surface area contributed by atoms with Crippen LogP contribution < -0.4 is 15.2 Å². The maximum atomic E-state index is 14.1. The minimum absolute atomic E-state index is 0.0619. The van der Waals surface area contributed by atoms with E-state index in [0.717, 1.165) is 6.26 Å². The molecule has 0 aliphatic heterocycles. The van der Waals surface area contributed by atoms with Crippen molar-refractivity contribution in [1.82, 2.24) is 19.7 Å². The van der Waals surface area contributed by atoms with Gasteiger partial charge in [-0.15, -0.1) is 0 Å². The molecule has 39 heavy (non-hydrogen) atoms. The molecule has 14 heteroatoms. The molecule has 3 aromatic heterocycles. The van der Waals surface area contributed by atoms with Crippen molar-refractivity contribution in [2.24, 2.45) is 0 Å². The predicted molar refractivity (Wildman–Crippen MR) is 147 cm³/mol. The molecule has 200 valence electrons. The number of carbonyl (C=O) groups excluding carboxylic acids is 1. The first-order chi connectivity index (χ1) is 18.4. The number of ketones is 1. The number of para-hydroxylation sites is 1. The van der Waals surface area contributed by atoms with E-state index in [0.29, 0.717) is 22.2 Å². The maximum Gasteiger partial charge on any atom is 0.229 e. The number of halogens is 3. The molecule has 4 N–H and O–H groups in total. The number of pyridine rings is 1. The van der Waals surface area contributed by atoms with E-state index in [4.69, 9.17) is 33.7 Å². The SMILES string of the molecule is Cc1cc(Oc2c(F)cccc2Cl)ncc1-n1ncc(C(=O)c2cc3cc(Cl)c(NS(C)(=O)=O)cc3[nH]2)c1N. The molecule has 0 aliphatic rings. The van der Waals surface area contributed by atoms with Crippen LogP contribution in [-0.4, -0.2) is 40.2 Å². The molecule has 3 heterocycles. The second kappa shape index (κ2) is 9.88. The van der Waals surface area contributed by atoms with Gasteiger partial charge in [-0.25, -0.2) is 22.5 Å². The largest absolute Gasteiger partial charge is 0.434 e. The van der Waals surface area contributed by atoms with Crippen LogP contribution in [0.1, 0.15) is 21.6 Å². The molecular weight excluding hydrogens is 570 g/mol. The number of H-pyrrole nitrogens is 1. The van der Waals surface area contributed by atoms with Gasteiger partial charge in [-0.2, -0.15) is 5.10 Å². The van der Waals surface area contributed by atoms with Crippen LogP contribution in [0.2, 0.25) is 10.0 Å². The molecule has 5 rings (SSSR count). The summed E-state index contributed by atoms with van der Waals surface area (Å²) in [5.74, 6) is -1.06. The number of nitrogens with zero attached hydrogens (tertiary/aromatic N) is 3. The zero-order valence-corrected chi connectivity index (χ0v) is 22.6. The molecule has 0 radical (unpaired) electrons. The smallest absolute Gasteiger partial charge is 0.229 e. The van der Waals surface area contributed by atoms with Gasteiger partial charge in [0.25, 0.3) is 0 Å². The second-order valence-electron chi connectivity index (χ2n) is 8.62. The average Bonchev–Trinajstić information content (AvgIpc) is 3.44. The summed E-state index contributed by atoms with van der Waals surface area (Å²) < 4.78 is 46.5. The van der Waals surface area contributed by atoms with Crippen LogP contribution in [-0.2, 0) is 10.0 Å². The van der Waals surface area contributed by atoms with Crippen molar-refractivity contribution in [2.45, 2.75) is 6.92 Å². The quantitative estimate of drug-likeness (QED) is 0.213. The predicted octanol–water partition coefficient (Wildman–Crippen LogP) is 5.48. The fourth-order valence-corrected chi connectivity index (χ4v) is 4.95. The Morgan fingerprint density at radius 3 is 2.62 bits per heavy atom. The van der Waals surface area contributed by atoms with Gasteiger partial charge < -0.3 is 15.5 Å². The molecule has 2 aromatic carbocycles. The highest BCUT2D eigenvalue weighted by Gasteiger charge is 2.21. The number of carbonyl (C=O) groups is 1. The first-order valence-corrected chi connectivity index (χ1v) is 13.8. The number of benzene rings is 2. The molecule has 0 atom stereocenters. The van der Waals surface area contributed by atoms with Gasteiger partial charge in [-0.05, 0) is 42.8 Å². The molecule has 5 aromatic rings. The topological polar surface area (TPSA) is 145 Å². The number of hydrogen-bond acceptors (Lipinski definition) is 7. The van der Waals surface area contributed by atoms with Gasteiger partial charge in [0.1, 0.15) is 5.82 Å². The van der Waals surface area contributed by atoms with Gasteiger partial charge in [-0.3, -0.25) is 9.52 Å². The van der Waals surface area contributed by atoms with Crippen molar-refractivity contribution in [1.29, 1.82) is 0 Å². The number of aryl methyl sites for hydroxylation is 1. The number of hydrogen-bond donors (Lipinski definition) is 3. The highest BCUT2D eigenvalue weighted by atomic mass is 35.5. The summed E-state index contributed by atoms with van der Waals surface area (Å²) in [4.78, 5) is 20.5. The Kier molecular flexibility index (Phi) is 6.70. The van der Waals surface area contributed by atoms with Gasteiger partial charge in [0.15, 0.2) is 11.6 Å². The second-order valence-corrected chi connectivity index (χ2v) is 11.2. The Hall–Kier alpha value is -4.13. The third-order valence-electron chi connectivity index (χ3n) is 5.71. The summed E-state index contributed by atoms with van der Waals surface area (Å²) in [6.45, 7) is 1.75. The molecule has 0 fully saturated rings. The molecule has 0 bridgehead atoms. The lowest BCUT2D eigenvalue weighted by Crippen LogP contribution is -2.09. The van der Waals surface area contributed by atoms with Crippen LogP contribution in [0.25, 0.3) is 16.6 Å². The highest BCUT2D eigenvalue weighted by molar-refractivity contribution is 7.92. The Morgan fingerprint density at radius 2 is 1.92 bits per heavy atom. The normalized spacial score (nSPS) is 11.6. The third-order valence-corrected chi connectivity index (χ3v) is 6.91. The van der Waals surface area contributed by atoms with Gasteiger partial charge in [0, 0.05) is 17.0 Å². The van der Waals surface area contributed by atoms with Gasteiger partial charge in [0.05, 0.1) is 51.3 Å². The number of nitrogen functional groups attached to an aromatic ring is 1. The molecular formula is C25H19Cl2FN6O4S. The first kappa shape index (κ1) is 26.5. The van der Waals surface area contributed by atoms with Crippen molar-refractivity contribution < 1.29 is 22.3 Å². The van der Waals surface area contributed by atoms with E-state index in [-0.39, 0.29) is 44.4 Å². The van der Waals surface area contributed by atoms with Crippen LogP contribution >= 0.6 is 23.2 Å². The van der Waals surface area contributed by atoms with Crippen LogP contribution in [0.3, 0.4) is 0 Å². The molecule has 0 saturated carbocycles. The summed E-state index contributed by atoms with van der Waals surface area (Å²) in [6, 6.07) is 10.4. The lowest BCUT2D eigenvalue weighted by molar-refractivity contribution is 0.103. The molecule has 0 spiro atoms. The molecule has 0 aliphatic carbocycles. The number of anilines is 2. The Bertz CT molecular complexity index is 1870. The minimum Gasteiger partial charge on any atom is -0.434 e. The van der Waals surface area contributed by atoms with E-state index < -0.39 is 21.6 Å². The number of aromatic amines is 1. The number of fused-ring (bicyclic) bond motifs is 1. The zero-order chi connectivity index (χ0) is 28.1. The van der Waals surface area contributed by atoms with Crippen molar-refractivity contribution in [3.63, 3.8) is 0 Å². The van der Waals surface area contributed by atoms with Crippen LogP contribution in [0.4, 0.5) is 15.9 Å². The van der Waals surface area contributed by atoms with Crippen LogP contribution in [0.5, 0.6) is 11.6 Å². The summed E-state index contributed by atoms with van der Waals surface area (Å²) >= 11 is 12.2. The lowest BCUT2D eigenvalue weighted by atomic mass is 10.1. The summed E-state index contributed by atoms with van der Waals surface area (Å²) in [5.41, 5.74) is 8.39. The maximum absolute atomic E-state index is 14.1. The highest BCUT2D eigenvalue weighted by Crippen LogP contribution is 2.33. The monoisotopic (exact) mass is 588 g/mol. The van der Waals surface area contributed by atoms with Gasteiger partial charge in [-0.1, -0.05) is 29.3 Å². The standard InChI is InChI=1S/C25H19Cl2FN6O4S/c1-12-6-22(38-24-15(26)4-3-5-17(24)28)30-11-21(12)34-25(29)14(10-31-34)23(35)20-8-13-7-16(27)19(9-18(13)32-20)33-39(2,36)37/h3-11,32-33H,29H2,1-2H3. The van der Waals surface area contributed by atoms with Crippen molar-refractivity contribution in [3.05, 3.63) is 87.5 Å². The Labute approximate surface area is 231 Å². The number of aromatic nitrogens is 4. The van der Waals surface area contributed by atoms with Gasteiger partial charge >= 0.3 is 0 Å². The van der Waals surface area contributed by atoms with Gasteiger partial charge in [0.2, 0.25) is 21.7 Å². The summed E-state index contributed by atoms with van der Waals surface area (Å²) in [6.07, 6.45) is 3.77. The third kappa shape index (κ3) is 5.26. The molecule has 0 amide bonds. The fourth-order valence-electron chi connectivity index (χ4n) is 3.91. The number of nitrogens with two attached hydrogens (primary N) is 1. The Morgan fingerprint density at radius 1 is 1.15 bits per heavy atom. The van der Waals surface area contributed by atoms with E-state index in [1.165, 1.54) is 47.4 Å². The molecule has 10 nitrogen and oxygen atoms in total. The first-order valence-electron chi connectivity index (χ1n) is 11.2. The minimum atomic E-state index is -3.55. The van der Waals surface area contributed by atoms with Crippen molar-refractivity contribution in [2.75, 3.05) is 16.7 Å². The Balaban J connectivity index is 1.43. The van der Waals surface area contributed by atoms with E-state index in [1.54, 1.807) is 19.1 Å². The lowest BCUT2D eigenvalue weighted by Gasteiger charge is -2.11.